The lowest BCUT2D eigenvalue weighted by Crippen LogP contribution is -2.06. The first-order chi connectivity index (χ1) is 9.69. The van der Waals surface area contributed by atoms with Crippen LogP contribution in [0, 0.1) is 12.7 Å². The first-order valence-electron chi connectivity index (χ1n) is 6.71. The van der Waals surface area contributed by atoms with E-state index in [1.54, 1.807) is 6.07 Å². The molecule has 3 rings (SSSR count). The van der Waals surface area contributed by atoms with Crippen LogP contribution in [0.5, 0.6) is 0 Å². The summed E-state index contributed by atoms with van der Waals surface area (Å²) in [4.78, 5) is 0. The van der Waals surface area contributed by atoms with Crippen molar-refractivity contribution in [2.24, 2.45) is 5.73 Å². The van der Waals surface area contributed by atoms with Crippen LogP contribution < -0.4 is 5.73 Å². The minimum absolute atomic E-state index is 0.191. The Kier molecular flexibility index (Phi) is 3.28. The van der Waals surface area contributed by atoms with Crippen LogP contribution in [0.1, 0.15) is 16.7 Å². The van der Waals surface area contributed by atoms with Crippen molar-refractivity contribution in [3.05, 3.63) is 71.2 Å². The average Bonchev–Trinajstić information content (AvgIpc) is 2.83. The number of hydrogen-bond acceptors (Lipinski definition) is 1. The van der Waals surface area contributed by atoms with Gasteiger partial charge >= 0.3 is 0 Å². The molecule has 2 N–H and O–H groups in total. The smallest absolute Gasteiger partial charge is 0.132 e. The second kappa shape index (κ2) is 5.10. The van der Waals surface area contributed by atoms with Crippen LogP contribution in [-0.4, -0.2) is 4.57 Å². The molecule has 0 saturated heterocycles. The van der Waals surface area contributed by atoms with E-state index in [4.69, 9.17) is 5.73 Å². The zero-order chi connectivity index (χ0) is 14.1. The maximum Gasteiger partial charge on any atom is 0.132 e. The molecule has 0 radical (unpaired) electrons. The topological polar surface area (TPSA) is 30.9 Å². The van der Waals surface area contributed by atoms with Crippen LogP contribution in [0.4, 0.5) is 4.39 Å². The number of rotatable bonds is 3. The SMILES string of the molecule is Cc1ccc2c(ccn2Cc2cccc(CN)c2F)c1. The molecule has 0 unspecified atom stereocenters. The molecule has 1 heterocycles. The van der Waals surface area contributed by atoms with Crippen LogP contribution >= 0.6 is 0 Å². The summed E-state index contributed by atoms with van der Waals surface area (Å²) in [6.45, 7) is 2.82. The van der Waals surface area contributed by atoms with Crippen molar-refractivity contribution in [1.82, 2.24) is 4.57 Å². The number of nitrogens with two attached hydrogens (primary N) is 1. The highest BCUT2D eigenvalue weighted by Crippen LogP contribution is 2.20. The molecule has 0 bridgehead atoms. The zero-order valence-corrected chi connectivity index (χ0v) is 11.4. The van der Waals surface area contributed by atoms with E-state index in [2.05, 4.69) is 35.8 Å². The number of aromatic nitrogens is 1. The summed E-state index contributed by atoms with van der Waals surface area (Å²) in [5.41, 5.74) is 9.14. The van der Waals surface area contributed by atoms with Gasteiger partial charge in [-0.05, 0) is 30.5 Å². The summed E-state index contributed by atoms with van der Waals surface area (Å²) in [7, 11) is 0. The molecule has 2 nitrogen and oxygen atoms in total. The fraction of sp³-hybridized carbons (Fsp3) is 0.176. The molecule has 0 aliphatic heterocycles. The van der Waals surface area contributed by atoms with Gasteiger partial charge in [-0.15, -0.1) is 0 Å². The van der Waals surface area contributed by atoms with E-state index >= 15 is 0 Å². The molecule has 0 atom stereocenters. The maximum absolute atomic E-state index is 14.2. The van der Waals surface area contributed by atoms with Crippen LogP contribution in [0.3, 0.4) is 0 Å². The average molecular weight is 268 g/mol. The molecule has 3 heteroatoms. The Balaban J connectivity index is 2.01. The maximum atomic E-state index is 14.2. The number of fused-ring (bicyclic) bond motifs is 1. The van der Waals surface area contributed by atoms with Gasteiger partial charge in [0, 0.05) is 29.4 Å². The molecule has 0 saturated carbocycles. The summed E-state index contributed by atoms with van der Waals surface area (Å²) < 4.78 is 16.3. The van der Waals surface area contributed by atoms with Crippen LogP contribution in [-0.2, 0) is 13.1 Å². The van der Waals surface area contributed by atoms with Crippen molar-refractivity contribution in [2.75, 3.05) is 0 Å². The normalized spacial score (nSPS) is 11.2. The van der Waals surface area contributed by atoms with Gasteiger partial charge in [0.15, 0.2) is 0 Å². The Bertz CT molecular complexity index is 759. The molecule has 102 valence electrons. The van der Waals surface area contributed by atoms with Gasteiger partial charge in [0.2, 0.25) is 0 Å². The molecular weight excluding hydrogens is 251 g/mol. The molecular formula is C17H17FN2. The second-order valence-electron chi connectivity index (χ2n) is 5.10. The third kappa shape index (κ3) is 2.21. The van der Waals surface area contributed by atoms with E-state index < -0.39 is 0 Å². The predicted octanol–water partition coefficient (Wildman–Crippen LogP) is 3.60. The summed E-state index contributed by atoms with van der Waals surface area (Å²) in [6.07, 6.45) is 2.00. The van der Waals surface area contributed by atoms with Gasteiger partial charge in [0.05, 0.1) is 6.54 Å². The van der Waals surface area contributed by atoms with E-state index in [9.17, 15) is 4.39 Å². The Morgan fingerprint density at radius 2 is 1.90 bits per heavy atom. The molecule has 20 heavy (non-hydrogen) atoms. The second-order valence-corrected chi connectivity index (χ2v) is 5.10. The highest BCUT2D eigenvalue weighted by molar-refractivity contribution is 5.80. The number of nitrogens with zero attached hydrogens (tertiary/aromatic N) is 1. The van der Waals surface area contributed by atoms with Crippen LogP contribution in [0.15, 0.2) is 48.7 Å². The zero-order valence-electron chi connectivity index (χ0n) is 11.4. The number of benzene rings is 2. The molecule has 3 aromatic rings. The summed E-state index contributed by atoms with van der Waals surface area (Å²) in [5, 5.41) is 1.18. The van der Waals surface area contributed by atoms with Crippen molar-refractivity contribution in [2.45, 2.75) is 20.0 Å². The summed E-state index contributed by atoms with van der Waals surface area (Å²) in [5.74, 6) is -0.191. The van der Waals surface area contributed by atoms with Gasteiger partial charge < -0.3 is 10.3 Å². The van der Waals surface area contributed by atoms with Gasteiger partial charge in [-0.2, -0.15) is 0 Å². The molecule has 0 spiro atoms. The Morgan fingerprint density at radius 3 is 2.70 bits per heavy atom. The fourth-order valence-corrected chi connectivity index (χ4v) is 2.55. The van der Waals surface area contributed by atoms with Gasteiger partial charge in [0.25, 0.3) is 0 Å². The van der Waals surface area contributed by atoms with Crippen molar-refractivity contribution < 1.29 is 4.39 Å². The number of aryl methyl sites for hydroxylation is 1. The van der Waals surface area contributed by atoms with E-state index in [1.165, 1.54) is 10.9 Å². The molecule has 1 aromatic heterocycles. The molecule has 2 aromatic carbocycles. The van der Waals surface area contributed by atoms with Crippen molar-refractivity contribution in [1.29, 1.82) is 0 Å². The summed E-state index contributed by atoms with van der Waals surface area (Å²) >= 11 is 0. The third-order valence-electron chi connectivity index (χ3n) is 3.65. The Morgan fingerprint density at radius 1 is 1.10 bits per heavy atom. The minimum atomic E-state index is -0.191. The van der Waals surface area contributed by atoms with E-state index in [0.717, 1.165) is 5.52 Å². The number of halogens is 1. The lowest BCUT2D eigenvalue weighted by molar-refractivity contribution is 0.586. The molecule has 0 aliphatic rings. The van der Waals surface area contributed by atoms with Gasteiger partial charge in [-0.3, -0.25) is 0 Å². The minimum Gasteiger partial charge on any atom is -0.343 e. The van der Waals surface area contributed by atoms with Crippen molar-refractivity contribution in [3.8, 4) is 0 Å². The Labute approximate surface area is 117 Å². The van der Waals surface area contributed by atoms with Gasteiger partial charge in [-0.25, -0.2) is 4.39 Å². The van der Waals surface area contributed by atoms with E-state index in [0.29, 0.717) is 17.7 Å². The lowest BCUT2D eigenvalue weighted by Gasteiger charge is -2.09. The van der Waals surface area contributed by atoms with Crippen LogP contribution in [0.25, 0.3) is 10.9 Å². The first-order valence-corrected chi connectivity index (χ1v) is 6.71. The van der Waals surface area contributed by atoms with Crippen molar-refractivity contribution >= 4 is 10.9 Å². The number of hydrogen-bond donors (Lipinski definition) is 1. The molecule has 0 amide bonds. The molecule has 0 aliphatic carbocycles. The first kappa shape index (κ1) is 12.9. The Hall–Kier alpha value is -2.13. The standard InChI is InChI=1S/C17H17FN2/c1-12-5-6-16-13(9-12)7-8-20(16)11-15-4-2-3-14(10-19)17(15)18/h2-9H,10-11,19H2,1H3. The lowest BCUT2D eigenvalue weighted by atomic mass is 10.1. The quantitative estimate of drug-likeness (QED) is 0.773. The van der Waals surface area contributed by atoms with Gasteiger partial charge in [-0.1, -0.05) is 29.8 Å². The fourth-order valence-electron chi connectivity index (χ4n) is 2.55. The van der Waals surface area contributed by atoms with Gasteiger partial charge in [0.1, 0.15) is 5.82 Å². The summed E-state index contributed by atoms with van der Waals surface area (Å²) in [6, 6.07) is 13.8. The predicted molar refractivity (Wildman–Crippen MR) is 80.1 cm³/mol. The van der Waals surface area contributed by atoms with E-state index in [1.807, 2.05) is 18.3 Å². The molecule has 0 fully saturated rings. The van der Waals surface area contributed by atoms with Crippen LogP contribution in [0.2, 0.25) is 0 Å². The third-order valence-corrected chi connectivity index (χ3v) is 3.65. The highest BCUT2D eigenvalue weighted by Gasteiger charge is 2.08. The van der Waals surface area contributed by atoms with Crippen molar-refractivity contribution in [3.63, 3.8) is 0 Å². The highest BCUT2D eigenvalue weighted by atomic mass is 19.1. The largest absolute Gasteiger partial charge is 0.343 e. The van der Waals surface area contributed by atoms with E-state index in [-0.39, 0.29) is 12.4 Å². The monoisotopic (exact) mass is 268 g/mol.